The fraction of sp³-hybridized carbons (Fsp3) is 0.412. The molecule has 3 heterocycles. The van der Waals surface area contributed by atoms with Crippen LogP contribution in [0.4, 0.5) is 10.8 Å². The van der Waals surface area contributed by atoms with Crippen molar-refractivity contribution in [3.63, 3.8) is 0 Å². The number of ether oxygens (including phenoxy) is 2. The summed E-state index contributed by atoms with van der Waals surface area (Å²) in [5.41, 5.74) is 0.701. The predicted molar refractivity (Wildman–Crippen MR) is 95.7 cm³/mol. The number of benzene rings is 1. The monoisotopic (exact) mass is 374 g/mol. The van der Waals surface area contributed by atoms with Crippen molar-refractivity contribution in [1.29, 1.82) is 0 Å². The number of amides is 2. The predicted octanol–water partition coefficient (Wildman–Crippen LogP) is 2.38. The molecule has 0 spiro atoms. The molecule has 0 saturated carbocycles. The standard InChI is InChI=1S/C17H18N4O4S/c1-9(2)16-19-20-17(26-16)18-15(23)10-5-14(22)21(7-10)11-3-4-12-13(6-11)25-8-24-12/h3-4,6,9-10H,5,7-8H2,1-2H3,(H,18,20,23). The van der Waals surface area contributed by atoms with Crippen LogP contribution in [0.25, 0.3) is 0 Å². The van der Waals surface area contributed by atoms with Gasteiger partial charge in [0.2, 0.25) is 23.7 Å². The van der Waals surface area contributed by atoms with Gasteiger partial charge in [-0.1, -0.05) is 25.2 Å². The summed E-state index contributed by atoms with van der Waals surface area (Å²) in [6.07, 6.45) is 0.163. The molecule has 0 aliphatic carbocycles. The van der Waals surface area contributed by atoms with E-state index < -0.39 is 5.92 Å². The molecule has 2 aliphatic heterocycles. The van der Waals surface area contributed by atoms with Crippen LogP contribution >= 0.6 is 11.3 Å². The van der Waals surface area contributed by atoms with Gasteiger partial charge in [-0.25, -0.2) is 0 Å². The van der Waals surface area contributed by atoms with Crippen LogP contribution in [0.5, 0.6) is 11.5 Å². The number of carbonyl (C=O) groups excluding carboxylic acids is 2. The molecule has 0 bridgehead atoms. The molecule has 1 aromatic carbocycles. The Labute approximate surface area is 154 Å². The summed E-state index contributed by atoms with van der Waals surface area (Å²) in [7, 11) is 0. The minimum atomic E-state index is -0.431. The maximum Gasteiger partial charge on any atom is 0.231 e. The van der Waals surface area contributed by atoms with Gasteiger partial charge in [-0.05, 0) is 12.1 Å². The van der Waals surface area contributed by atoms with Gasteiger partial charge < -0.3 is 19.7 Å². The lowest BCUT2D eigenvalue weighted by Crippen LogP contribution is -2.28. The minimum Gasteiger partial charge on any atom is -0.454 e. The zero-order chi connectivity index (χ0) is 18.3. The van der Waals surface area contributed by atoms with Gasteiger partial charge in [-0.15, -0.1) is 10.2 Å². The van der Waals surface area contributed by atoms with E-state index >= 15 is 0 Å². The highest BCUT2D eigenvalue weighted by atomic mass is 32.1. The van der Waals surface area contributed by atoms with E-state index in [4.69, 9.17) is 9.47 Å². The molecule has 1 fully saturated rings. The third-order valence-corrected chi connectivity index (χ3v) is 5.47. The molecule has 2 aromatic rings. The quantitative estimate of drug-likeness (QED) is 0.883. The van der Waals surface area contributed by atoms with Gasteiger partial charge in [0, 0.05) is 30.6 Å². The van der Waals surface area contributed by atoms with E-state index in [1.807, 2.05) is 13.8 Å². The average molecular weight is 374 g/mol. The number of fused-ring (bicyclic) bond motifs is 1. The highest BCUT2D eigenvalue weighted by molar-refractivity contribution is 7.15. The molecule has 1 saturated heterocycles. The number of nitrogens with zero attached hydrogens (tertiary/aromatic N) is 3. The summed E-state index contributed by atoms with van der Waals surface area (Å²) >= 11 is 1.36. The smallest absolute Gasteiger partial charge is 0.231 e. The number of rotatable bonds is 4. The van der Waals surface area contributed by atoms with Crippen molar-refractivity contribution in [3.05, 3.63) is 23.2 Å². The molecule has 0 radical (unpaired) electrons. The van der Waals surface area contributed by atoms with Gasteiger partial charge in [0.25, 0.3) is 0 Å². The topological polar surface area (TPSA) is 93.7 Å². The average Bonchev–Trinajstić information content (AvgIpc) is 3.32. The fourth-order valence-corrected chi connectivity index (χ4v) is 3.66. The van der Waals surface area contributed by atoms with Gasteiger partial charge in [-0.2, -0.15) is 0 Å². The Morgan fingerprint density at radius 1 is 1.31 bits per heavy atom. The Morgan fingerprint density at radius 3 is 2.88 bits per heavy atom. The van der Waals surface area contributed by atoms with Crippen LogP contribution in [0.15, 0.2) is 18.2 Å². The van der Waals surface area contributed by atoms with E-state index in [1.54, 1.807) is 23.1 Å². The number of anilines is 2. The van der Waals surface area contributed by atoms with Crippen LogP contribution in [-0.2, 0) is 9.59 Å². The lowest BCUT2D eigenvalue weighted by Gasteiger charge is -2.17. The number of hydrogen-bond acceptors (Lipinski definition) is 7. The lowest BCUT2D eigenvalue weighted by atomic mass is 10.1. The van der Waals surface area contributed by atoms with E-state index in [0.717, 1.165) is 5.01 Å². The Hall–Kier alpha value is -2.68. The zero-order valence-electron chi connectivity index (χ0n) is 14.4. The third-order valence-electron chi connectivity index (χ3n) is 4.33. The lowest BCUT2D eigenvalue weighted by molar-refractivity contribution is -0.122. The molecule has 1 N–H and O–H groups in total. The first-order chi connectivity index (χ1) is 12.5. The SMILES string of the molecule is CC(C)c1nnc(NC(=O)C2CC(=O)N(c3ccc4c(c3)OCO4)C2)s1. The highest BCUT2D eigenvalue weighted by Crippen LogP contribution is 2.37. The molecule has 2 amide bonds. The molecular weight excluding hydrogens is 356 g/mol. The minimum absolute atomic E-state index is 0.0934. The second-order valence-electron chi connectivity index (χ2n) is 6.53. The summed E-state index contributed by atoms with van der Waals surface area (Å²) in [6, 6.07) is 5.33. The van der Waals surface area contributed by atoms with Gasteiger partial charge in [-0.3, -0.25) is 9.59 Å². The van der Waals surface area contributed by atoms with Crippen molar-refractivity contribution in [2.24, 2.45) is 5.92 Å². The molecule has 8 nitrogen and oxygen atoms in total. The van der Waals surface area contributed by atoms with E-state index in [2.05, 4.69) is 15.5 Å². The molecule has 4 rings (SSSR count). The third kappa shape index (κ3) is 3.10. The molecule has 9 heteroatoms. The first kappa shape index (κ1) is 16.8. The van der Waals surface area contributed by atoms with E-state index in [1.165, 1.54) is 11.3 Å². The van der Waals surface area contributed by atoms with Crippen LogP contribution in [0.3, 0.4) is 0 Å². The normalized spacial score (nSPS) is 18.7. The number of aromatic nitrogens is 2. The van der Waals surface area contributed by atoms with E-state index in [0.29, 0.717) is 28.9 Å². The van der Waals surface area contributed by atoms with Gasteiger partial charge in [0.15, 0.2) is 11.5 Å². The van der Waals surface area contributed by atoms with Crippen LogP contribution < -0.4 is 19.7 Å². The Balaban J connectivity index is 1.44. The number of hydrogen-bond donors (Lipinski definition) is 1. The molecule has 136 valence electrons. The summed E-state index contributed by atoms with van der Waals surface area (Å²) in [6.45, 7) is 4.54. The second-order valence-corrected chi connectivity index (χ2v) is 7.54. The first-order valence-corrected chi connectivity index (χ1v) is 9.17. The van der Waals surface area contributed by atoms with Gasteiger partial charge in [0.05, 0.1) is 5.92 Å². The van der Waals surface area contributed by atoms with Crippen molar-refractivity contribution in [3.8, 4) is 11.5 Å². The summed E-state index contributed by atoms with van der Waals surface area (Å²) in [5, 5.41) is 12.2. The first-order valence-electron chi connectivity index (χ1n) is 8.35. The van der Waals surface area contributed by atoms with Crippen molar-refractivity contribution in [2.75, 3.05) is 23.6 Å². The van der Waals surface area contributed by atoms with Crippen molar-refractivity contribution in [2.45, 2.75) is 26.2 Å². The zero-order valence-corrected chi connectivity index (χ0v) is 15.2. The molecule has 1 aromatic heterocycles. The van der Waals surface area contributed by atoms with Crippen LogP contribution in [0, 0.1) is 5.92 Å². The van der Waals surface area contributed by atoms with E-state index in [-0.39, 0.29) is 30.9 Å². The van der Waals surface area contributed by atoms with Crippen molar-refractivity contribution < 1.29 is 19.1 Å². The maximum atomic E-state index is 12.5. The molecule has 1 unspecified atom stereocenters. The van der Waals surface area contributed by atoms with E-state index in [9.17, 15) is 9.59 Å². The van der Waals surface area contributed by atoms with Crippen LogP contribution in [0.1, 0.15) is 31.2 Å². The highest BCUT2D eigenvalue weighted by Gasteiger charge is 2.36. The Bertz CT molecular complexity index is 866. The fourth-order valence-electron chi connectivity index (χ4n) is 2.91. The van der Waals surface area contributed by atoms with Crippen molar-refractivity contribution in [1.82, 2.24) is 10.2 Å². The maximum absolute atomic E-state index is 12.5. The van der Waals surface area contributed by atoms with Crippen LogP contribution in [-0.4, -0.2) is 35.3 Å². The molecule has 2 aliphatic rings. The summed E-state index contributed by atoms with van der Waals surface area (Å²) < 4.78 is 10.6. The Morgan fingerprint density at radius 2 is 2.12 bits per heavy atom. The van der Waals surface area contributed by atoms with Crippen molar-refractivity contribution >= 4 is 34.0 Å². The van der Waals surface area contributed by atoms with Crippen LogP contribution in [0.2, 0.25) is 0 Å². The summed E-state index contributed by atoms with van der Waals surface area (Å²) in [5.74, 6) is 0.787. The molecular formula is C17H18N4O4S. The van der Waals surface area contributed by atoms with Gasteiger partial charge >= 0.3 is 0 Å². The molecule has 26 heavy (non-hydrogen) atoms. The number of nitrogens with one attached hydrogen (secondary N) is 1. The second kappa shape index (κ2) is 6.56. The summed E-state index contributed by atoms with van der Waals surface area (Å²) in [4.78, 5) is 26.5. The Kier molecular flexibility index (Phi) is 4.23. The largest absolute Gasteiger partial charge is 0.454 e. The number of carbonyl (C=O) groups is 2. The molecule has 1 atom stereocenters. The van der Waals surface area contributed by atoms with Gasteiger partial charge in [0.1, 0.15) is 5.01 Å².